The molecule has 2 heterocycles. The fourth-order valence-electron chi connectivity index (χ4n) is 3.92. The molecule has 168 valence electrons. The van der Waals surface area contributed by atoms with Gasteiger partial charge < -0.3 is 24.2 Å². The summed E-state index contributed by atoms with van der Waals surface area (Å²) < 4.78 is 51.7. The number of hydrogen-bond donors (Lipinski definition) is 1. The standard InChI is InChI=1S/C20H27F3N2O5/c1-12-11-24(14-5-7-15(8-6-14)28-20(21,22)23)9-10-25(12)17(26)13(2)16-18(27)30-19(3,4)29-16/h5-8,12-13,16-17,26H,9-11H2,1-4H3/t12-,13+,16+,17+/m1/s1. The van der Waals surface area contributed by atoms with Crippen molar-refractivity contribution in [2.24, 2.45) is 5.92 Å². The fourth-order valence-corrected chi connectivity index (χ4v) is 3.92. The first kappa shape index (κ1) is 22.6. The van der Waals surface area contributed by atoms with Gasteiger partial charge >= 0.3 is 12.3 Å². The van der Waals surface area contributed by atoms with Crippen LogP contribution in [0.3, 0.4) is 0 Å². The Kier molecular flexibility index (Phi) is 6.22. The van der Waals surface area contributed by atoms with E-state index in [4.69, 9.17) is 9.47 Å². The highest BCUT2D eigenvalue weighted by Gasteiger charge is 2.47. The molecule has 7 nitrogen and oxygen atoms in total. The first-order chi connectivity index (χ1) is 13.9. The molecule has 2 aliphatic heterocycles. The summed E-state index contributed by atoms with van der Waals surface area (Å²) in [7, 11) is 0. The van der Waals surface area contributed by atoms with Crippen molar-refractivity contribution in [3.63, 3.8) is 0 Å². The van der Waals surface area contributed by atoms with Gasteiger partial charge in [-0.05, 0) is 31.2 Å². The zero-order chi connectivity index (χ0) is 22.3. The van der Waals surface area contributed by atoms with Crippen LogP contribution in [0.4, 0.5) is 18.9 Å². The fraction of sp³-hybridized carbons (Fsp3) is 0.650. The summed E-state index contributed by atoms with van der Waals surface area (Å²) in [6, 6.07) is 5.65. The Morgan fingerprint density at radius 3 is 2.37 bits per heavy atom. The van der Waals surface area contributed by atoms with Crippen LogP contribution in [-0.2, 0) is 14.3 Å². The molecule has 0 bridgehead atoms. The number of rotatable bonds is 5. The summed E-state index contributed by atoms with van der Waals surface area (Å²) in [6.07, 6.45) is -6.48. The van der Waals surface area contributed by atoms with E-state index >= 15 is 0 Å². The van der Waals surface area contributed by atoms with Gasteiger partial charge in [-0.1, -0.05) is 6.92 Å². The molecule has 0 amide bonds. The number of carbonyl (C=O) groups excluding carboxylic acids is 1. The van der Waals surface area contributed by atoms with Crippen LogP contribution in [0.15, 0.2) is 24.3 Å². The lowest BCUT2D eigenvalue weighted by Crippen LogP contribution is -2.58. The monoisotopic (exact) mass is 432 g/mol. The number of hydrogen-bond acceptors (Lipinski definition) is 7. The minimum atomic E-state index is -4.72. The molecule has 0 unspecified atom stereocenters. The molecule has 2 saturated heterocycles. The van der Waals surface area contributed by atoms with Crippen LogP contribution >= 0.6 is 0 Å². The molecule has 0 aromatic heterocycles. The Bertz CT molecular complexity index is 756. The maximum Gasteiger partial charge on any atom is 0.573 e. The van der Waals surface area contributed by atoms with Crippen LogP contribution in [0.25, 0.3) is 0 Å². The van der Waals surface area contributed by atoms with Gasteiger partial charge in [-0.15, -0.1) is 13.2 Å². The van der Waals surface area contributed by atoms with Crippen molar-refractivity contribution in [1.29, 1.82) is 0 Å². The average Bonchev–Trinajstić information content (AvgIpc) is 2.92. The zero-order valence-corrected chi connectivity index (χ0v) is 17.3. The van der Waals surface area contributed by atoms with Gasteiger partial charge in [0.05, 0.1) is 0 Å². The van der Waals surface area contributed by atoms with Gasteiger partial charge in [0.2, 0.25) is 5.79 Å². The molecule has 1 aromatic carbocycles. The highest BCUT2D eigenvalue weighted by molar-refractivity contribution is 5.77. The largest absolute Gasteiger partial charge is 0.573 e. The first-order valence-corrected chi connectivity index (χ1v) is 9.81. The normalized spacial score (nSPS) is 26.9. The van der Waals surface area contributed by atoms with Gasteiger partial charge in [0, 0.05) is 51.1 Å². The number of anilines is 1. The van der Waals surface area contributed by atoms with Crippen LogP contribution in [0.5, 0.6) is 5.75 Å². The summed E-state index contributed by atoms with van der Waals surface area (Å²) in [4.78, 5) is 16.0. The van der Waals surface area contributed by atoms with Crippen LogP contribution in [0.2, 0.25) is 0 Å². The summed E-state index contributed by atoms with van der Waals surface area (Å²) in [5.41, 5.74) is 0.767. The second-order valence-corrected chi connectivity index (χ2v) is 8.21. The molecule has 4 atom stereocenters. The Morgan fingerprint density at radius 1 is 1.23 bits per heavy atom. The minimum Gasteiger partial charge on any atom is -0.432 e. The molecule has 0 radical (unpaired) electrons. The van der Waals surface area contributed by atoms with E-state index in [1.165, 1.54) is 12.1 Å². The Balaban J connectivity index is 1.60. The van der Waals surface area contributed by atoms with Crippen LogP contribution < -0.4 is 9.64 Å². The van der Waals surface area contributed by atoms with Crippen molar-refractivity contribution in [2.75, 3.05) is 24.5 Å². The number of piperazine rings is 1. The lowest BCUT2D eigenvalue weighted by atomic mass is 9.99. The summed E-state index contributed by atoms with van der Waals surface area (Å²) in [6.45, 7) is 8.63. The number of benzene rings is 1. The molecule has 30 heavy (non-hydrogen) atoms. The van der Waals surface area contributed by atoms with Crippen molar-refractivity contribution in [2.45, 2.75) is 58.2 Å². The average molecular weight is 432 g/mol. The molecule has 1 N–H and O–H groups in total. The van der Waals surface area contributed by atoms with Gasteiger partial charge in [0.25, 0.3) is 0 Å². The van der Waals surface area contributed by atoms with E-state index in [2.05, 4.69) is 4.74 Å². The number of cyclic esters (lactones) is 1. The molecule has 1 aromatic rings. The lowest BCUT2D eigenvalue weighted by molar-refractivity contribution is -0.274. The second-order valence-electron chi connectivity index (χ2n) is 8.21. The molecule has 0 spiro atoms. The minimum absolute atomic E-state index is 0.0623. The van der Waals surface area contributed by atoms with Gasteiger partial charge in [0.15, 0.2) is 6.10 Å². The third kappa shape index (κ3) is 5.16. The van der Waals surface area contributed by atoms with E-state index in [-0.39, 0.29) is 11.8 Å². The van der Waals surface area contributed by atoms with E-state index in [9.17, 15) is 23.1 Å². The molecule has 0 aliphatic carbocycles. The van der Waals surface area contributed by atoms with Crippen molar-refractivity contribution >= 4 is 11.7 Å². The molecule has 2 aliphatic rings. The summed E-state index contributed by atoms with van der Waals surface area (Å²) in [5.74, 6) is -2.26. The Labute approximate surface area is 173 Å². The maximum atomic E-state index is 12.3. The summed E-state index contributed by atoms with van der Waals surface area (Å²) in [5, 5.41) is 10.9. The summed E-state index contributed by atoms with van der Waals surface area (Å²) >= 11 is 0. The van der Waals surface area contributed by atoms with Gasteiger partial charge in [-0.2, -0.15) is 0 Å². The number of aliphatic hydroxyl groups is 1. The molecule has 0 saturated carbocycles. The van der Waals surface area contributed by atoms with Gasteiger partial charge in [0.1, 0.15) is 12.0 Å². The van der Waals surface area contributed by atoms with E-state index < -0.39 is 36.4 Å². The van der Waals surface area contributed by atoms with Crippen molar-refractivity contribution in [3.05, 3.63) is 24.3 Å². The molecule has 2 fully saturated rings. The van der Waals surface area contributed by atoms with E-state index in [0.717, 1.165) is 5.69 Å². The first-order valence-electron chi connectivity index (χ1n) is 9.81. The molecular weight excluding hydrogens is 405 g/mol. The predicted octanol–water partition coefficient (Wildman–Crippen LogP) is 2.73. The highest BCUT2D eigenvalue weighted by Crippen LogP contribution is 2.32. The second kappa shape index (κ2) is 8.24. The quantitative estimate of drug-likeness (QED) is 0.718. The van der Waals surface area contributed by atoms with Crippen molar-refractivity contribution in [3.8, 4) is 5.75 Å². The van der Waals surface area contributed by atoms with Crippen LogP contribution in [-0.4, -0.2) is 66.1 Å². The predicted molar refractivity (Wildman–Crippen MR) is 102 cm³/mol. The van der Waals surface area contributed by atoms with E-state index in [1.54, 1.807) is 32.9 Å². The van der Waals surface area contributed by atoms with E-state index in [1.807, 2.05) is 16.7 Å². The smallest absolute Gasteiger partial charge is 0.432 e. The number of esters is 1. The van der Waals surface area contributed by atoms with Crippen molar-refractivity contribution in [1.82, 2.24) is 4.90 Å². The topological polar surface area (TPSA) is 71.5 Å². The van der Waals surface area contributed by atoms with Crippen molar-refractivity contribution < 1.29 is 37.3 Å². The highest BCUT2D eigenvalue weighted by atomic mass is 19.4. The number of alkyl halides is 3. The lowest BCUT2D eigenvalue weighted by Gasteiger charge is -2.44. The maximum absolute atomic E-state index is 12.3. The van der Waals surface area contributed by atoms with Gasteiger partial charge in [-0.3, -0.25) is 4.90 Å². The zero-order valence-electron chi connectivity index (χ0n) is 17.3. The Hall–Kier alpha value is -2.04. The van der Waals surface area contributed by atoms with E-state index in [0.29, 0.717) is 19.6 Å². The number of carbonyl (C=O) groups is 1. The molecule has 10 heteroatoms. The van der Waals surface area contributed by atoms with Crippen LogP contribution in [0, 0.1) is 5.92 Å². The number of ether oxygens (including phenoxy) is 3. The Morgan fingerprint density at radius 2 is 1.87 bits per heavy atom. The SMILES string of the molecule is C[C@@H]([C@@H]1OC(C)(C)OC1=O)[C@H](O)N1CCN(c2ccc(OC(F)(F)F)cc2)C[C@H]1C. The number of aliphatic hydroxyl groups excluding tert-OH is 1. The van der Waals surface area contributed by atoms with Gasteiger partial charge in [-0.25, -0.2) is 4.79 Å². The number of halogens is 3. The molecular formula is C20H27F3N2O5. The third-order valence-electron chi connectivity index (χ3n) is 5.39. The number of nitrogens with zero attached hydrogens (tertiary/aromatic N) is 2. The molecule has 3 rings (SSSR count). The van der Waals surface area contributed by atoms with Crippen LogP contribution in [0.1, 0.15) is 27.7 Å². The third-order valence-corrected chi connectivity index (χ3v) is 5.39.